The molecule has 0 radical (unpaired) electrons. The number of carbonyl (C=O) groups is 1. The minimum absolute atomic E-state index is 0.0545. The predicted molar refractivity (Wildman–Crippen MR) is 70.4 cm³/mol. The Kier molecular flexibility index (Phi) is 2.56. The topological polar surface area (TPSA) is 75.0 Å². The third-order valence-corrected chi connectivity index (χ3v) is 3.32. The smallest absolute Gasteiger partial charge is 0.228 e. The van der Waals surface area contributed by atoms with Crippen LogP contribution in [0.2, 0.25) is 0 Å². The van der Waals surface area contributed by atoms with Gasteiger partial charge in [-0.15, -0.1) is 0 Å². The van der Waals surface area contributed by atoms with Crippen molar-refractivity contribution in [1.29, 1.82) is 0 Å². The molecule has 1 aromatic heterocycles. The number of benzene rings is 1. The number of imidazole rings is 1. The highest BCUT2D eigenvalue weighted by molar-refractivity contribution is 5.97. The van der Waals surface area contributed by atoms with Gasteiger partial charge in [-0.1, -0.05) is 6.92 Å². The number of aromatic nitrogens is 2. The minimum atomic E-state index is -0.0545. The third-order valence-electron chi connectivity index (χ3n) is 3.32. The Labute approximate surface area is 105 Å². The first-order chi connectivity index (χ1) is 8.67. The number of rotatable bonds is 2. The normalized spacial score (nSPS) is 20.0. The van der Waals surface area contributed by atoms with Gasteiger partial charge in [-0.2, -0.15) is 0 Å². The van der Waals surface area contributed by atoms with Crippen molar-refractivity contribution in [1.82, 2.24) is 9.97 Å². The zero-order valence-corrected chi connectivity index (χ0v) is 10.3. The molecular weight excluding hydrogens is 228 g/mol. The molecule has 1 aliphatic heterocycles. The molecule has 0 saturated carbocycles. The molecule has 18 heavy (non-hydrogen) atoms. The number of fused-ring (bicyclic) bond motifs is 1. The van der Waals surface area contributed by atoms with E-state index >= 15 is 0 Å². The Bertz CT molecular complexity index is 604. The van der Waals surface area contributed by atoms with Crippen LogP contribution in [0.3, 0.4) is 0 Å². The second-order valence-electron chi connectivity index (χ2n) is 4.71. The van der Waals surface area contributed by atoms with Crippen LogP contribution in [0, 0.1) is 0 Å². The lowest BCUT2D eigenvalue weighted by molar-refractivity contribution is -0.117. The average Bonchev–Trinajstić information content (AvgIpc) is 2.90. The van der Waals surface area contributed by atoms with Gasteiger partial charge in [0.1, 0.15) is 5.82 Å². The van der Waals surface area contributed by atoms with Crippen molar-refractivity contribution < 1.29 is 4.79 Å². The van der Waals surface area contributed by atoms with E-state index < -0.39 is 0 Å². The third kappa shape index (κ3) is 1.76. The molecule has 3 rings (SSSR count). The molecule has 5 heteroatoms. The Morgan fingerprint density at radius 3 is 3.06 bits per heavy atom. The van der Waals surface area contributed by atoms with E-state index in [1.165, 1.54) is 0 Å². The molecule has 0 bridgehead atoms. The maximum atomic E-state index is 11.8. The highest BCUT2D eigenvalue weighted by atomic mass is 16.2. The van der Waals surface area contributed by atoms with Gasteiger partial charge in [0.05, 0.1) is 11.0 Å². The Morgan fingerprint density at radius 1 is 1.56 bits per heavy atom. The number of nitrogens with one attached hydrogen (secondary N) is 1. The highest BCUT2D eigenvalue weighted by Crippen LogP contribution is 2.24. The fourth-order valence-corrected chi connectivity index (χ4v) is 2.37. The van der Waals surface area contributed by atoms with Crippen molar-refractivity contribution in [2.75, 3.05) is 11.4 Å². The van der Waals surface area contributed by atoms with E-state index in [-0.39, 0.29) is 11.9 Å². The van der Waals surface area contributed by atoms with Crippen LogP contribution in [0.15, 0.2) is 18.2 Å². The molecule has 2 aromatic rings. The van der Waals surface area contributed by atoms with Gasteiger partial charge >= 0.3 is 0 Å². The zero-order chi connectivity index (χ0) is 12.7. The summed E-state index contributed by atoms with van der Waals surface area (Å²) in [5.41, 5.74) is 8.61. The molecule has 94 valence electrons. The Balaban J connectivity index is 2.00. The van der Waals surface area contributed by atoms with E-state index in [1.54, 1.807) is 4.90 Å². The minimum Gasteiger partial charge on any atom is -0.342 e. The second-order valence-corrected chi connectivity index (χ2v) is 4.71. The van der Waals surface area contributed by atoms with Crippen molar-refractivity contribution in [2.24, 2.45) is 5.73 Å². The number of aryl methyl sites for hydroxylation is 1. The standard InChI is InChI=1S/C13H16N4O/c1-2-12-15-10-4-3-9(6-11(10)16-12)17-7-8(14)5-13(17)18/h3-4,6,8H,2,5,7,14H2,1H3,(H,15,16). The van der Waals surface area contributed by atoms with Crippen molar-refractivity contribution in [3.8, 4) is 0 Å². The lowest BCUT2D eigenvalue weighted by Gasteiger charge is -2.15. The summed E-state index contributed by atoms with van der Waals surface area (Å²) in [6, 6.07) is 5.79. The molecule has 2 heterocycles. The Hall–Kier alpha value is -1.88. The number of hydrogen-bond acceptors (Lipinski definition) is 3. The van der Waals surface area contributed by atoms with Gasteiger partial charge in [0.2, 0.25) is 5.91 Å². The molecule has 1 atom stereocenters. The van der Waals surface area contributed by atoms with Crippen LogP contribution in [-0.4, -0.2) is 28.5 Å². The summed E-state index contributed by atoms with van der Waals surface area (Å²) in [7, 11) is 0. The van der Waals surface area contributed by atoms with Gasteiger partial charge in [-0.05, 0) is 18.2 Å². The monoisotopic (exact) mass is 244 g/mol. The fraction of sp³-hybridized carbons (Fsp3) is 0.385. The summed E-state index contributed by atoms with van der Waals surface area (Å²) < 4.78 is 0. The summed E-state index contributed by atoms with van der Waals surface area (Å²) in [5, 5.41) is 0. The maximum Gasteiger partial charge on any atom is 0.228 e. The van der Waals surface area contributed by atoms with Crippen LogP contribution in [0.1, 0.15) is 19.2 Å². The number of anilines is 1. The van der Waals surface area contributed by atoms with Crippen LogP contribution >= 0.6 is 0 Å². The Morgan fingerprint density at radius 2 is 2.39 bits per heavy atom. The quantitative estimate of drug-likeness (QED) is 0.833. The molecule has 1 aromatic carbocycles. The molecule has 1 unspecified atom stereocenters. The van der Waals surface area contributed by atoms with E-state index in [9.17, 15) is 4.79 Å². The number of nitrogens with two attached hydrogens (primary N) is 1. The maximum absolute atomic E-state index is 11.8. The van der Waals surface area contributed by atoms with E-state index in [0.29, 0.717) is 13.0 Å². The first-order valence-electron chi connectivity index (χ1n) is 6.22. The molecule has 1 aliphatic rings. The van der Waals surface area contributed by atoms with Gasteiger partial charge in [0, 0.05) is 31.1 Å². The molecule has 5 nitrogen and oxygen atoms in total. The predicted octanol–water partition coefficient (Wildman–Crippen LogP) is 1.19. The number of aromatic amines is 1. The first kappa shape index (κ1) is 11.2. The number of carbonyl (C=O) groups excluding carboxylic acids is 1. The fourth-order valence-electron chi connectivity index (χ4n) is 2.37. The largest absolute Gasteiger partial charge is 0.342 e. The van der Waals surface area contributed by atoms with E-state index in [1.807, 2.05) is 18.2 Å². The summed E-state index contributed by atoms with van der Waals surface area (Å²) in [4.78, 5) is 21.3. The lowest BCUT2D eigenvalue weighted by Crippen LogP contribution is -2.27. The number of amides is 1. The summed E-state index contributed by atoms with van der Waals surface area (Å²) in [6.07, 6.45) is 1.30. The molecular formula is C13H16N4O. The van der Waals surface area contributed by atoms with Crippen LogP contribution in [0.25, 0.3) is 11.0 Å². The van der Waals surface area contributed by atoms with Gasteiger partial charge in [-0.3, -0.25) is 4.79 Å². The lowest BCUT2D eigenvalue weighted by atomic mass is 10.2. The summed E-state index contributed by atoms with van der Waals surface area (Å²) in [6.45, 7) is 2.65. The molecule has 3 N–H and O–H groups in total. The number of nitrogens with zero attached hydrogens (tertiary/aromatic N) is 2. The average molecular weight is 244 g/mol. The van der Waals surface area contributed by atoms with Crippen molar-refractivity contribution in [2.45, 2.75) is 25.8 Å². The van der Waals surface area contributed by atoms with Crippen LogP contribution in [0.5, 0.6) is 0 Å². The number of H-pyrrole nitrogens is 1. The summed E-state index contributed by atoms with van der Waals surface area (Å²) in [5.74, 6) is 1.06. The summed E-state index contributed by atoms with van der Waals surface area (Å²) >= 11 is 0. The second kappa shape index (κ2) is 4.10. The van der Waals surface area contributed by atoms with Gasteiger partial charge < -0.3 is 15.6 Å². The molecule has 1 amide bonds. The molecule has 0 spiro atoms. The molecule has 1 saturated heterocycles. The SMILES string of the molecule is CCc1nc2ccc(N3CC(N)CC3=O)cc2[nH]1. The van der Waals surface area contributed by atoms with E-state index in [0.717, 1.165) is 29.0 Å². The van der Waals surface area contributed by atoms with Crippen molar-refractivity contribution >= 4 is 22.6 Å². The van der Waals surface area contributed by atoms with Crippen molar-refractivity contribution in [3.05, 3.63) is 24.0 Å². The molecule has 1 fully saturated rings. The van der Waals surface area contributed by atoms with Gasteiger partial charge in [0.25, 0.3) is 0 Å². The van der Waals surface area contributed by atoms with E-state index in [4.69, 9.17) is 5.73 Å². The number of hydrogen-bond donors (Lipinski definition) is 2. The van der Waals surface area contributed by atoms with Crippen LogP contribution < -0.4 is 10.6 Å². The van der Waals surface area contributed by atoms with Gasteiger partial charge in [0.15, 0.2) is 0 Å². The van der Waals surface area contributed by atoms with Crippen LogP contribution in [0.4, 0.5) is 5.69 Å². The van der Waals surface area contributed by atoms with E-state index in [2.05, 4.69) is 16.9 Å². The zero-order valence-electron chi connectivity index (χ0n) is 10.3. The highest BCUT2D eigenvalue weighted by Gasteiger charge is 2.28. The van der Waals surface area contributed by atoms with Gasteiger partial charge in [-0.25, -0.2) is 4.98 Å². The molecule has 0 aliphatic carbocycles. The van der Waals surface area contributed by atoms with Crippen molar-refractivity contribution in [3.63, 3.8) is 0 Å². The first-order valence-corrected chi connectivity index (χ1v) is 6.22. The van der Waals surface area contributed by atoms with Crippen LogP contribution in [-0.2, 0) is 11.2 Å².